The van der Waals surface area contributed by atoms with Crippen LogP contribution in [0.25, 0.3) is 0 Å². The molecule has 0 spiro atoms. The third kappa shape index (κ3) is 7.46. The Morgan fingerprint density at radius 2 is 1.50 bits per heavy atom. The Kier molecular flexibility index (Phi) is 9.43. The zero-order chi connectivity index (χ0) is 29.7. The van der Waals surface area contributed by atoms with Gasteiger partial charge in [-0.1, -0.05) is 35.3 Å². The molecule has 5 rings (SSSR count). The number of ether oxygens (including phenoxy) is 1. The van der Waals surface area contributed by atoms with E-state index >= 15 is 0 Å². The van der Waals surface area contributed by atoms with E-state index in [0.717, 1.165) is 41.1 Å². The number of rotatable bonds is 8. The van der Waals surface area contributed by atoms with Crippen LogP contribution in [0.4, 0.5) is 21.9 Å². The summed E-state index contributed by atoms with van der Waals surface area (Å²) in [6.45, 7) is 3.89. The molecule has 42 heavy (non-hydrogen) atoms. The van der Waals surface area contributed by atoms with Crippen molar-refractivity contribution in [2.45, 2.75) is 25.8 Å². The normalized spacial score (nSPS) is 16.3. The lowest BCUT2D eigenvalue weighted by molar-refractivity contribution is -0.881. The van der Waals surface area contributed by atoms with Crippen LogP contribution in [0.3, 0.4) is 0 Å². The van der Waals surface area contributed by atoms with Gasteiger partial charge in [0.15, 0.2) is 0 Å². The van der Waals surface area contributed by atoms with Crippen LogP contribution in [0, 0.1) is 5.21 Å². The second kappa shape index (κ2) is 13.2. The van der Waals surface area contributed by atoms with E-state index in [1.54, 1.807) is 24.1 Å². The number of methoxy groups -OCH3 is 1. The van der Waals surface area contributed by atoms with Gasteiger partial charge in [0, 0.05) is 56.0 Å². The Morgan fingerprint density at radius 1 is 0.881 bits per heavy atom. The molecule has 0 atom stereocenters. The van der Waals surface area contributed by atoms with Gasteiger partial charge in [-0.3, -0.25) is 4.79 Å². The van der Waals surface area contributed by atoms with Crippen molar-refractivity contribution < 1.29 is 19.0 Å². The monoisotopic (exact) mass is 611 g/mol. The van der Waals surface area contributed by atoms with Gasteiger partial charge < -0.3 is 35.0 Å². The van der Waals surface area contributed by atoms with Gasteiger partial charge in [-0.25, -0.2) is 4.79 Å². The van der Waals surface area contributed by atoms with Gasteiger partial charge in [-0.15, -0.1) is 0 Å². The summed E-state index contributed by atoms with van der Waals surface area (Å²) < 4.78 is 4.90. The molecular formula is C31H35Cl2N5O4. The number of nitrogens with one attached hydrogen (secondary N) is 2. The average Bonchev–Trinajstić information content (AvgIpc) is 3.41. The summed E-state index contributed by atoms with van der Waals surface area (Å²) in [5.74, 6) is 0.661. The number of amides is 3. The first-order valence-corrected chi connectivity index (χ1v) is 14.9. The molecule has 2 aliphatic heterocycles. The van der Waals surface area contributed by atoms with Gasteiger partial charge in [0.1, 0.15) is 12.3 Å². The number of nitrogens with zero attached hydrogens (tertiary/aromatic N) is 3. The lowest BCUT2D eigenvalue weighted by Gasteiger charge is -2.38. The van der Waals surface area contributed by atoms with Gasteiger partial charge in [0.2, 0.25) is 5.91 Å². The van der Waals surface area contributed by atoms with Crippen molar-refractivity contribution in [1.29, 1.82) is 0 Å². The third-order valence-electron chi connectivity index (χ3n) is 7.79. The Morgan fingerprint density at radius 3 is 2.10 bits per heavy atom. The standard InChI is InChI=1S/C31H35Cl2N5O4/c1-42-26-10-4-22(5-11-26)20-29(39)34-24-6-8-25(9-7-24)36-12-14-37(15-13-36)31(40)35-30-27(32)18-23(19-28(30)33)21-38(41)16-2-3-17-38/h4-11,18-19H,2-3,12-17,20-21H2,1H3,(H,34,39)(H,35,40). The molecule has 11 heteroatoms. The van der Waals surface area contributed by atoms with E-state index in [1.165, 1.54) is 0 Å². The minimum atomic E-state index is -0.270. The highest BCUT2D eigenvalue weighted by atomic mass is 35.5. The minimum absolute atomic E-state index is 0.0929. The highest BCUT2D eigenvalue weighted by Crippen LogP contribution is 2.34. The highest BCUT2D eigenvalue weighted by molar-refractivity contribution is 6.39. The van der Waals surface area contributed by atoms with Crippen molar-refractivity contribution in [3.8, 4) is 5.75 Å². The number of anilines is 3. The van der Waals surface area contributed by atoms with Crippen LogP contribution in [0.5, 0.6) is 5.75 Å². The van der Waals surface area contributed by atoms with Gasteiger partial charge in [-0.2, -0.15) is 0 Å². The zero-order valence-corrected chi connectivity index (χ0v) is 25.1. The number of hydrogen-bond acceptors (Lipinski definition) is 5. The fourth-order valence-corrected chi connectivity index (χ4v) is 6.11. The van der Waals surface area contributed by atoms with Crippen LogP contribution in [-0.4, -0.2) is 67.9 Å². The number of benzene rings is 3. The van der Waals surface area contributed by atoms with E-state index in [1.807, 2.05) is 48.5 Å². The van der Waals surface area contributed by atoms with Crippen LogP contribution in [0.15, 0.2) is 60.7 Å². The second-order valence-corrected chi connectivity index (χ2v) is 11.6. The summed E-state index contributed by atoms with van der Waals surface area (Å²) in [5.41, 5.74) is 3.78. The van der Waals surface area contributed by atoms with Crippen molar-refractivity contribution in [3.63, 3.8) is 0 Å². The molecule has 0 aromatic heterocycles. The smallest absolute Gasteiger partial charge is 0.322 e. The predicted molar refractivity (Wildman–Crippen MR) is 167 cm³/mol. The molecule has 0 aliphatic carbocycles. The fourth-order valence-electron chi connectivity index (χ4n) is 5.48. The summed E-state index contributed by atoms with van der Waals surface area (Å²) in [6.07, 6.45) is 2.14. The summed E-state index contributed by atoms with van der Waals surface area (Å²) in [5, 5.41) is 19.2. The Hall–Kier alpha value is -3.50. The SMILES string of the molecule is COc1ccc(CC(=O)Nc2ccc(N3CCN(C(=O)Nc4c(Cl)cc(C[N+]5([O-])CCCC5)cc4Cl)CC3)cc2)cc1. The summed E-state index contributed by atoms with van der Waals surface area (Å²) in [4.78, 5) is 29.4. The molecule has 2 saturated heterocycles. The van der Waals surface area contributed by atoms with E-state index in [4.69, 9.17) is 27.9 Å². The average molecular weight is 613 g/mol. The molecular weight excluding hydrogens is 577 g/mol. The number of quaternary nitrogens is 1. The number of piperazine rings is 1. The molecule has 0 bridgehead atoms. The number of hydroxylamine groups is 3. The van der Waals surface area contributed by atoms with Crippen LogP contribution in [0.2, 0.25) is 10.0 Å². The predicted octanol–water partition coefficient (Wildman–Crippen LogP) is 6.15. The lowest BCUT2D eigenvalue weighted by Crippen LogP contribution is -2.50. The molecule has 3 aromatic carbocycles. The van der Waals surface area contributed by atoms with Crippen molar-refractivity contribution in [1.82, 2.24) is 4.90 Å². The van der Waals surface area contributed by atoms with Gasteiger partial charge in [0.25, 0.3) is 0 Å². The molecule has 0 radical (unpaired) electrons. The van der Waals surface area contributed by atoms with Crippen molar-refractivity contribution in [2.24, 2.45) is 0 Å². The van der Waals surface area contributed by atoms with Crippen molar-refractivity contribution in [2.75, 3.05) is 61.9 Å². The third-order valence-corrected chi connectivity index (χ3v) is 8.39. The number of hydrogen-bond donors (Lipinski definition) is 2. The second-order valence-electron chi connectivity index (χ2n) is 10.8. The van der Waals surface area contributed by atoms with Crippen molar-refractivity contribution in [3.05, 3.63) is 87.0 Å². The fraction of sp³-hybridized carbons (Fsp3) is 0.355. The zero-order valence-electron chi connectivity index (χ0n) is 23.6. The summed E-state index contributed by atoms with van der Waals surface area (Å²) in [7, 11) is 1.61. The van der Waals surface area contributed by atoms with Gasteiger partial charge in [0.05, 0.1) is 42.4 Å². The number of likely N-dealkylation sites (tertiary alicyclic amines) is 1. The first-order valence-electron chi connectivity index (χ1n) is 14.1. The topological polar surface area (TPSA) is 97.0 Å². The Labute approximate surface area is 256 Å². The molecule has 9 nitrogen and oxygen atoms in total. The molecule has 0 unspecified atom stereocenters. The first-order chi connectivity index (χ1) is 20.2. The van der Waals surface area contributed by atoms with Gasteiger partial charge >= 0.3 is 6.03 Å². The molecule has 2 fully saturated rings. The first kappa shape index (κ1) is 30.0. The quantitative estimate of drug-likeness (QED) is 0.235. The van der Waals surface area contributed by atoms with E-state index in [0.29, 0.717) is 61.5 Å². The Bertz CT molecular complexity index is 1380. The van der Waals surface area contributed by atoms with Gasteiger partial charge in [-0.05, 0) is 54.1 Å². The van der Waals surface area contributed by atoms with Crippen LogP contribution >= 0.6 is 23.2 Å². The molecule has 2 aliphatic rings. The molecule has 2 heterocycles. The number of carbonyl (C=O) groups is 2. The Balaban J connectivity index is 1.10. The number of urea groups is 1. The number of halogens is 2. The maximum absolute atomic E-state index is 13.0. The molecule has 0 saturated carbocycles. The molecule has 3 amide bonds. The van der Waals surface area contributed by atoms with E-state index in [-0.39, 0.29) is 23.0 Å². The van der Waals surface area contributed by atoms with E-state index in [9.17, 15) is 14.8 Å². The molecule has 3 aromatic rings. The van der Waals surface area contributed by atoms with E-state index < -0.39 is 0 Å². The lowest BCUT2D eigenvalue weighted by atomic mass is 10.1. The van der Waals surface area contributed by atoms with Crippen LogP contribution in [0.1, 0.15) is 24.0 Å². The largest absolute Gasteiger partial charge is 0.633 e. The molecule has 222 valence electrons. The highest BCUT2D eigenvalue weighted by Gasteiger charge is 2.26. The number of carbonyl (C=O) groups excluding carboxylic acids is 2. The van der Waals surface area contributed by atoms with Crippen LogP contribution in [-0.2, 0) is 17.8 Å². The summed E-state index contributed by atoms with van der Waals surface area (Å²) >= 11 is 13.0. The van der Waals surface area contributed by atoms with E-state index in [2.05, 4.69) is 15.5 Å². The maximum atomic E-state index is 13.0. The minimum Gasteiger partial charge on any atom is -0.633 e. The summed E-state index contributed by atoms with van der Waals surface area (Å²) in [6, 6.07) is 18.3. The molecule has 2 N–H and O–H groups in total. The van der Waals surface area contributed by atoms with Crippen molar-refractivity contribution >= 4 is 52.2 Å². The van der Waals surface area contributed by atoms with Crippen LogP contribution < -0.4 is 20.3 Å². The maximum Gasteiger partial charge on any atom is 0.322 e.